The van der Waals surface area contributed by atoms with Crippen LogP contribution in [0.1, 0.15) is 58.1 Å². The Balaban J connectivity index is 1.83. The molecule has 2 heterocycles. The lowest BCUT2D eigenvalue weighted by atomic mass is 9.88. The van der Waals surface area contributed by atoms with E-state index in [1.54, 1.807) is 0 Å². The first-order valence-electron chi connectivity index (χ1n) is 9.59. The molecule has 132 valence electrons. The lowest BCUT2D eigenvalue weighted by Crippen LogP contribution is -2.25. The van der Waals surface area contributed by atoms with Gasteiger partial charge in [-0.25, -0.2) is 0 Å². The van der Waals surface area contributed by atoms with Gasteiger partial charge in [-0.1, -0.05) is 34.1 Å². The normalized spacial score (nSPS) is 25.0. The number of benzene rings is 1. The van der Waals surface area contributed by atoms with E-state index in [1.807, 2.05) is 0 Å². The maximum absolute atomic E-state index is 12.5. The number of hydrogen-bond donors (Lipinski definition) is 1. The summed E-state index contributed by atoms with van der Waals surface area (Å²) in [5.41, 5.74) is 3.49. The molecule has 3 nitrogen and oxygen atoms in total. The molecule has 0 aliphatic carbocycles. The van der Waals surface area contributed by atoms with Crippen LogP contribution >= 0.6 is 0 Å². The Morgan fingerprint density at radius 3 is 2.62 bits per heavy atom. The summed E-state index contributed by atoms with van der Waals surface area (Å²) in [6, 6.07) is 4.36. The molecule has 1 aromatic rings. The van der Waals surface area contributed by atoms with Crippen LogP contribution in [0.5, 0.6) is 5.75 Å². The molecule has 3 atom stereocenters. The molecule has 3 heteroatoms. The molecule has 2 aliphatic heterocycles. The standard InChI is InChI=1S/C21H31NO2/c1-5-14(4)17-7-6-16-10-19-15(11-20(16)24-12-17)8-9-18(13(2)3)21(23)22-19/h10-11,13-14,17-18H,5-9,12H2,1-4H3,(H,22,23). The van der Waals surface area contributed by atoms with Crippen molar-refractivity contribution in [2.45, 2.75) is 59.8 Å². The van der Waals surface area contributed by atoms with Gasteiger partial charge in [-0.2, -0.15) is 0 Å². The smallest absolute Gasteiger partial charge is 0.227 e. The summed E-state index contributed by atoms with van der Waals surface area (Å²) in [5, 5.41) is 3.17. The van der Waals surface area contributed by atoms with Crippen molar-refractivity contribution in [3.63, 3.8) is 0 Å². The monoisotopic (exact) mass is 329 g/mol. The van der Waals surface area contributed by atoms with Gasteiger partial charge < -0.3 is 10.1 Å². The van der Waals surface area contributed by atoms with Gasteiger partial charge in [-0.3, -0.25) is 4.79 Å². The number of ether oxygens (including phenoxy) is 1. The molecule has 24 heavy (non-hydrogen) atoms. The Labute approximate surface area is 146 Å². The van der Waals surface area contributed by atoms with Crippen LogP contribution in [0.15, 0.2) is 12.1 Å². The predicted octanol–water partition coefficient (Wildman–Crippen LogP) is 4.83. The number of anilines is 1. The number of rotatable bonds is 3. The van der Waals surface area contributed by atoms with Gasteiger partial charge in [0, 0.05) is 11.6 Å². The van der Waals surface area contributed by atoms with E-state index in [9.17, 15) is 4.79 Å². The van der Waals surface area contributed by atoms with Crippen LogP contribution in [0, 0.1) is 23.7 Å². The molecule has 1 amide bonds. The molecule has 0 saturated heterocycles. The molecule has 0 radical (unpaired) electrons. The maximum Gasteiger partial charge on any atom is 0.227 e. The van der Waals surface area contributed by atoms with Gasteiger partial charge in [0.05, 0.1) is 6.61 Å². The van der Waals surface area contributed by atoms with Crippen molar-refractivity contribution < 1.29 is 9.53 Å². The largest absolute Gasteiger partial charge is 0.493 e. The highest BCUT2D eigenvalue weighted by Crippen LogP contribution is 2.37. The van der Waals surface area contributed by atoms with Gasteiger partial charge in [0.2, 0.25) is 5.91 Å². The van der Waals surface area contributed by atoms with E-state index in [2.05, 4.69) is 45.1 Å². The Morgan fingerprint density at radius 2 is 1.92 bits per heavy atom. The number of amides is 1. The number of carbonyl (C=O) groups is 1. The Morgan fingerprint density at radius 1 is 1.17 bits per heavy atom. The van der Waals surface area contributed by atoms with Crippen molar-refractivity contribution in [2.24, 2.45) is 23.7 Å². The molecule has 0 aromatic heterocycles. The minimum absolute atomic E-state index is 0.105. The van der Waals surface area contributed by atoms with Gasteiger partial charge in [-0.05, 0) is 66.7 Å². The number of hydrogen-bond acceptors (Lipinski definition) is 2. The summed E-state index contributed by atoms with van der Waals surface area (Å²) in [6.07, 6.45) is 5.28. The Kier molecular flexibility index (Phi) is 5.17. The zero-order valence-corrected chi connectivity index (χ0v) is 15.5. The van der Waals surface area contributed by atoms with Crippen LogP contribution in [0.25, 0.3) is 0 Å². The fraction of sp³-hybridized carbons (Fsp3) is 0.667. The van der Waals surface area contributed by atoms with Gasteiger partial charge in [0.1, 0.15) is 5.75 Å². The Hall–Kier alpha value is -1.51. The van der Waals surface area contributed by atoms with Gasteiger partial charge in [-0.15, -0.1) is 0 Å². The summed E-state index contributed by atoms with van der Waals surface area (Å²) in [6.45, 7) is 9.67. The van der Waals surface area contributed by atoms with Crippen LogP contribution in [0.3, 0.4) is 0 Å². The van der Waals surface area contributed by atoms with Crippen LogP contribution in [-0.2, 0) is 17.6 Å². The highest BCUT2D eigenvalue weighted by Gasteiger charge is 2.28. The molecular weight excluding hydrogens is 298 g/mol. The third-order valence-electron chi connectivity index (χ3n) is 6.10. The van der Waals surface area contributed by atoms with Gasteiger partial charge in [0.15, 0.2) is 0 Å². The van der Waals surface area contributed by atoms with E-state index in [0.29, 0.717) is 17.8 Å². The second-order valence-electron chi connectivity index (χ2n) is 7.99. The molecule has 1 aromatic carbocycles. The summed E-state index contributed by atoms with van der Waals surface area (Å²) in [7, 11) is 0. The summed E-state index contributed by atoms with van der Waals surface area (Å²) in [5.74, 6) is 3.02. The van der Waals surface area contributed by atoms with Crippen LogP contribution in [0.4, 0.5) is 5.69 Å². The molecular formula is C21H31NO2. The maximum atomic E-state index is 12.5. The molecule has 0 saturated carbocycles. The van der Waals surface area contributed by atoms with E-state index < -0.39 is 0 Å². The fourth-order valence-corrected chi connectivity index (χ4v) is 4.03. The molecule has 3 unspecified atom stereocenters. The van der Waals surface area contributed by atoms with Crippen molar-refractivity contribution in [3.8, 4) is 5.75 Å². The average molecular weight is 329 g/mol. The van der Waals surface area contributed by atoms with Gasteiger partial charge >= 0.3 is 0 Å². The predicted molar refractivity (Wildman–Crippen MR) is 98.5 cm³/mol. The number of nitrogens with one attached hydrogen (secondary N) is 1. The van der Waals surface area contributed by atoms with Gasteiger partial charge in [0.25, 0.3) is 0 Å². The molecule has 0 bridgehead atoms. The van der Waals surface area contributed by atoms with E-state index in [1.165, 1.54) is 24.0 Å². The quantitative estimate of drug-likeness (QED) is 0.862. The SMILES string of the molecule is CCC(C)C1CCc2cc3c(cc2OC1)CCC(C(C)C)C(=O)N3. The van der Waals surface area contributed by atoms with E-state index >= 15 is 0 Å². The first kappa shape index (κ1) is 17.3. The average Bonchev–Trinajstić information content (AvgIpc) is 2.85. The summed E-state index contributed by atoms with van der Waals surface area (Å²) >= 11 is 0. The lowest BCUT2D eigenvalue weighted by molar-refractivity contribution is -0.121. The topological polar surface area (TPSA) is 38.3 Å². The van der Waals surface area contributed by atoms with E-state index in [4.69, 9.17) is 4.74 Å². The van der Waals surface area contributed by atoms with Crippen molar-refractivity contribution in [1.82, 2.24) is 0 Å². The molecule has 1 N–H and O–H groups in total. The first-order valence-corrected chi connectivity index (χ1v) is 9.59. The van der Waals surface area contributed by atoms with E-state index in [-0.39, 0.29) is 11.8 Å². The third-order valence-corrected chi connectivity index (χ3v) is 6.10. The highest BCUT2D eigenvalue weighted by molar-refractivity contribution is 5.94. The minimum Gasteiger partial charge on any atom is -0.493 e. The highest BCUT2D eigenvalue weighted by atomic mass is 16.5. The van der Waals surface area contributed by atoms with Crippen molar-refractivity contribution in [3.05, 3.63) is 23.3 Å². The molecule has 0 fully saturated rings. The van der Waals surface area contributed by atoms with Crippen molar-refractivity contribution in [2.75, 3.05) is 11.9 Å². The van der Waals surface area contributed by atoms with Crippen LogP contribution in [-0.4, -0.2) is 12.5 Å². The molecule has 2 aliphatic rings. The first-order chi connectivity index (χ1) is 11.5. The second-order valence-corrected chi connectivity index (χ2v) is 7.99. The van der Waals surface area contributed by atoms with E-state index in [0.717, 1.165) is 37.3 Å². The third kappa shape index (κ3) is 3.45. The zero-order valence-electron chi connectivity index (χ0n) is 15.5. The number of carbonyl (C=O) groups excluding carboxylic acids is 1. The fourth-order valence-electron chi connectivity index (χ4n) is 4.03. The lowest BCUT2D eigenvalue weighted by Gasteiger charge is -2.20. The molecule has 0 spiro atoms. The summed E-state index contributed by atoms with van der Waals surface area (Å²) < 4.78 is 6.18. The second kappa shape index (κ2) is 7.16. The Bertz CT molecular complexity index is 608. The molecule has 3 rings (SSSR count). The summed E-state index contributed by atoms with van der Waals surface area (Å²) in [4.78, 5) is 12.5. The van der Waals surface area contributed by atoms with Crippen molar-refractivity contribution in [1.29, 1.82) is 0 Å². The van der Waals surface area contributed by atoms with Crippen molar-refractivity contribution >= 4 is 11.6 Å². The van der Waals surface area contributed by atoms with Crippen LogP contribution < -0.4 is 10.1 Å². The number of fused-ring (bicyclic) bond motifs is 2. The number of aryl methyl sites for hydroxylation is 2. The van der Waals surface area contributed by atoms with Crippen LogP contribution in [0.2, 0.25) is 0 Å². The zero-order chi connectivity index (χ0) is 17.3. The minimum atomic E-state index is 0.105.